The van der Waals surface area contributed by atoms with Crippen molar-refractivity contribution in [1.29, 1.82) is 0 Å². The molecule has 0 radical (unpaired) electrons. The van der Waals surface area contributed by atoms with Crippen LogP contribution in [0.2, 0.25) is 0 Å². The van der Waals surface area contributed by atoms with Crippen LogP contribution in [-0.4, -0.2) is 16.3 Å². The van der Waals surface area contributed by atoms with Gasteiger partial charge in [-0.25, -0.2) is 4.68 Å². The van der Waals surface area contributed by atoms with Gasteiger partial charge in [-0.1, -0.05) is 36.3 Å². The van der Waals surface area contributed by atoms with Gasteiger partial charge >= 0.3 is 0 Å². The van der Waals surface area contributed by atoms with Gasteiger partial charge in [-0.3, -0.25) is 4.79 Å². The molecule has 1 N–H and O–H groups in total. The normalized spacial score (nSPS) is 10.0. The lowest BCUT2D eigenvalue weighted by atomic mass is 10.1. The third-order valence-corrected chi connectivity index (χ3v) is 3.56. The van der Waals surface area contributed by atoms with Crippen LogP contribution in [0.4, 0.5) is 5.69 Å². The van der Waals surface area contributed by atoms with Gasteiger partial charge in [0.25, 0.3) is 5.56 Å². The number of rotatable bonds is 5. The summed E-state index contributed by atoms with van der Waals surface area (Å²) in [6.07, 6.45) is 7.66. The molecule has 0 unspecified atom stereocenters. The predicted molar refractivity (Wildman–Crippen MR) is 83.7 cm³/mol. The van der Waals surface area contributed by atoms with Gasteiger partial charge in [0, 0.05) is 6.54 Å². The zero-order chi connectivity index (χ0) is 14.4. The lowest BCUT2D eigenvalue weighted by molar-refractivity contribution is 0.659. The molecule has 20 heavy (non-hydrogen) atoms. The largest absolute Gasteiger partial charge is 0.382 e. The van der Waals surface area contributed by atoms with Gasteiger partial charge < -0.3 is 5.32 Å². The third-order valence-electron chi connectivity index (χ3n) is 2.80. The van der Waals surface area contributed by atoms with E-state index in [0.29, 0.717) is 10.2 Å². The number of nitrogens with zero attached hydrogens (tertiary/aromatic N) is 2. The zero-order valence-corrected chi connectivity index (χ0v) is 12.4. The van der Waals surface area contributed by atoms with Crippen LogP contribution < -0.4 is 10.9 Å². The number of aromatic nitrogens is 2. The number of terminal acetylenes is 1. The SMILES string of the molecule is C#CCn1ncc(NCCc2ccccc2)c(Br)c1=O. The van der Waals surface area contributed by atoms with Crippen molar-refractivity contribution in [2.24, 2.45) is 0 Å². The molecule has 2 aromatic rings. The Bertz CT molecular complexity index is 674. The van der Waals surface area contributed by atoms with Crippen molar-refractivity contribution in [2.45, 2.75) is 13.0 Å². The third kappa shape index (κ3) is 3.49. The van der Waals surface area contributed by atoms with E-state index in [2.05, 4.69) is 44.4 Å². The summed E-state index contributed by atoms with van der Waals surface area (Å²) >= 11 is 3.28. The van der Waals surface area contributed by atoms with Crippen molar-refractivity contribution in [3.05, 3.63) is 56.9 Å². The maximum Gasteiger partial charge on any atom is 0.284 e. The Morgan fingerprint density at radius 3 is 2.80 bits per heavy atom. The molecule has 0 bridgehead atoms. The number of anilines is 1. The highest BCUT2D eigenvalue weighted by Crippen LogP contribution is 2.16. The average molecular weight is 332 g/mol. The van der Waals surface area contributed by atoms with E-state index < -0.39 is 0 Å². The number of benzene rings is 1. The van der Waals surface area contributed by atoms with Gasteiger partial charge in [0.05, 0.1) is 11.9 Å². The molecule has 2 rings (SSSR count). The Morgan fingerprint density at radius 1 is 1.35 bits per heavy atom. The lowest BCUT2D eigenvalue weighted by Crippen LogP contribution is -2.24. The lowest BCUT2D eigenvalue weighted by Gasteiger charge is -2.09. The van der Waals surface area contributed by atoms with Crippen molar-refractivity contribution in [2.75, 3.05) is 11.9 Å². The maximum absolute atomic E-state index is 11.9. The molecule has 0 saturated heterocycles. The Balaban J connectivity index is 2.02. The van der Waals surface area contributed by atoms with Crippen molar-refractivity contribution in [1.82, 2.24) is 9.78 Å². The predicted octanol–water partition coefficient (Wildman–Crippen LogP) is 2.29. The highest BCUT2D eigenvalue weighted by molar-refractivity contribution is 9.10. The molecule has 102 valence electrons. The summed E-state index contributed by atoms with van der Waals surface area (Å²) in [5.74, 6) is 2.40. The van der Waals surface area contributed by atoms with E-state index in [1.807, 2.05) is 18.2 Å². The van der Waals surface area contributed by atoms with Gasteiger partial charge in [-0.2, -0.15) is 5.10 Å². The summed E-state index contributed by atoms with van der Waals surface area (Å²) in [4.78, 5) is 11.9. The first-order valence-corrected chi connectivity index (χ1v) is 6.98. The summed E-state index contributed by atoms with van der Waals surface area (Å²) in [6.45, 7) is 0.893. The van der Waals surface area contributed by atoms with E-state index in [-0.39, 0.29) is 12.1 Å². The minimum absolute atomic E-state index is 0.168. The highest BCUT2D eigenvalue weighted by Gasteiger charge is 2.07. The molecule has 1 aromatic heterocycles. The van der Waals surface area contributed by atoms with Crippen LogP contribution in [0.3, 0.4) is 0 Å². The fourth-order valence-corrected chi connectivity index (χ4v) is 2.22. The molecular weight excluding hydrogens is 318 g/mol. The van der Waals surface area contributed by atoms with E-state index in [9.17, 15) is 4.79 Å². The van der Waals surface area contributed by atoms with Gasteiger partial charge in [-0.15, -0.1) is 6.42 Å². The molecule has 0 atom stereocenters. The van der Waals surface area contributed by atoms with Gasteiger partial charge in [-0.05, 0) is 27.9 Å². The Kier molecular flexibility index (Phi) is 4.97. The Labute approximate surface area is 126 Å². The van der Waals surface area contributed by atoms with Crippen LogP contribution in [-0.2, 0) is 13.0 Å². The topological polar surface area (TPSA) is 46.9 Å². The Morgan fingerprint density at radius 2 is 2.10 bits per heavy atom. The molecule has 5 heteroatoms. The molecule has 0 fully saturated rings. The summed E-state index contributed by atoms with van der Waals surface area (Å²) < 4.78 is 1.70. The van der Waals surface area contributed by atoms with Crippen molar-refractivity contribution >= 4 is 21.6 Å². The number of hydrogen-bond donors (Lipinski definition) is 1. The van der Waals surface area contributed by atoms with Crippen LogP contribution in [0.15, 0.2) is 45.8 Å². The highest BCUT2D eigenvalue weighted by atomic mass is 79.9. The van der Waals surface area contributed by atoms with Crippen molar-refractivity contribution in [3.8, 4) is 12.3 Å². The van der Waals surface area contributed by atoms with E-state index in [1.165, 1.54) is 10.2 Å². The zero-order valence-electron chi connectivity index (χ0n) is 10.8. The number of hydrogen-bond acceptors (Lipinski definition) is 3. The molecule has 1 aromatic carbocycles. The molecule has 0 saturated carbocycles. The van der Waals surface area contributed by atoms with E-state index in [1.54, 1.807) is 6.20 Å². The molecule has 0 aliphatic rings. The second-order valence-electron chi connectivity index (χ2n) is 4.20. The standard InChI is InChI=1S/C15H14BrN3O/c1-2-10-19-15(20)14(16)13(11-18-19)17-9-8-12-6-4-3-5-7-12/h1,3-7,11,17H,8-10H2. The van der Waals surface area contributed by atoms with Gasteiger partial charge in [0.15, 0.2) is 0 Å². The summed E-state index contributed by atoms with van der Waals surface area (Å²) in [6, 6.07) is 10.1. The smallest absolute Gasteiger partial charge is 0.284 e. The van der Waals surface area contributed by atoms with Gasteiger partial charge in [0.2, 0.25) is 0 Å². The first kappa shape index (κ1) is 14.4. The summed E-state index contributed by atoms with van der Waals surface area (Å²) in [5.41, 5.74) is 1.69. The molecule has 0 aliphatic carbocycles. The molecule has 0 amide bonds. The second kappa shape index (κ2) is 6.92. The van der Waals surface area contributed by atoms with Crippen LogP contribution >= 0.6 is 15.9 Å². The molecule has 0 spiro atoms. The number of nitrogens with one attached hydrogen (secondary N) is 1. The molecule has 4 nitrogen and oxygen atoms in total. The minimum atomic E-state index is -0.229. The van der Waals surface area contributed by atoms with Crippen molar-refractivity contribution < 1.29 is 0 Å². The summed E-state index contributed by atoms with van der Waals surface area (Å²) in [7, 11) is 0. The first-order valence-electron chi connectivity index (χ1n) is 6.19. The minimum Gasteiger partial charge on any atom is -0.382 e. The van der Waals surface area contributed by atoms with Crippen LogP contribution in [0, 0.1) is 12.3 Å². The fraction of sp³-hybridized carbons (Fsp3) is 0.200. The quantitative estimate of drug-likeness (QED) is 0.855. The summed E-state index contributed by atoms with van der Waals surface area (Å²) in [5, 5.41) is 7.22. The molecule has 1 heterocycles. The first-order chi connectivity index (χ1) is 9.72. The Hall–Kier alpha value is -2.06. The van der Waals surface area contributed by atoms with E-state index in [0.717, 1.165) is 13.0 Å². The van der Waals surface area contributed by atoms with Crippen LogP contribution in [0.25, 0.3) is 0 Å². The molecule has 0 aliphatic heterocycles. The number of halogens is 1. The second-order valence-corrected chi connectivity index (χ2v) is 4.99. The fourth-order valence-electron chi connectivity index (χ4n) is 1.77. The van der Waals surface area contributed by atoms with Crippen LogP contribution in [0.1, 0.15) is 5.56 Å². The molecular formula is C15H14BrN3O. The van der Waals surface area contributed by atoms with Gasteiger partial charge in [0.1, 0.15) is 11.0 Å². The monoisotopic (exact) mass is 331 g/mol. The maximum atomic E-state index is 11.9. The van der Waals surface area contributed by atoms with E-state index >= 15 is 0 Å². The van der Waals surface area contributed by atoms with E-state index in [4.69, 9.17) is 6.42 Å². The van der Waals surface area contributed by atoms with Crippen LogP contribution in [0.5, 0.6) is 0 Å². The van der Waals surface area contributed by atoms with Crippen molar-refractivity contribution in [3.63, 3.8) is 0 Å². The average Bonchev–Trinajstić information content (AvgIpc) is 2.48.